The van der Waals surface area contributed by atoms with E-state index in [0.717, 1.165) is 60.2 Å². The summed E-state index contributed by atoms with van der Waals surface area (Å²) in [6.07, 6.45) is 2.93. The third-order valence-corrected chi connectivity index (χ3v) is 4.99. The normalized spacial score (nSPS) is 16.1. The zero-order valence-electron chi connectivity index (χ0n) is 12.5. The summed E-state index contributed by atoms with van der Waals surface area (Å²) in [7, 11) is 0. The molecule has 1 fully saturated rings. The van der Waals surface area contributed by atoms with Crippen molar-refractivity contribution in [2.24, 2.45) is 0 Å². The smallest absolute Gasteiger partial charge is 0.186 e. The molecule has 4 rings (SSSR count). The van der Waals surface area contributed by atoms with Crippen molar-refractivity contribution in [1.82, 2.24) is 25.5 Å². The number of H-pyrrole nitrogens is 1. The highest BCUT2D eigenvalue weighted by Crippen LogP contribution is 2.34. The molecule has 0 unspecified atom stereocenters. The van der Waals surface area contributed by atoms with Crippen LogP contribution in [0.3, 0.4) is 0 Å². The Kier molecular flexibility index (Phi) is 3.51. The molecule has 4 heterocycles. The molecule has 7 heteroatoms. The zero-order chi connectivity index (χ0) is 14.9. The summed E-state index contributed by atoms with van der Waals surface area (Å²) in [5, 5.41) is 13.0. The standard InChI is InChI=1S/C15H18N6S/c1-10-12(13-11-4-2-6-17-14(11)20-19-13)18-15(22-10)21-8-3-5-16-7-9-21/h2,4,6,16H,3,5,7-9H2,1H3,(H,17,19,20). The molecule has 0 radical (unpaired) electrons. The summed E-state index contributed by atoms with van der Waals surface area (Å²) in [6, 6.07) is 3.97. The van der Waals surface area contributed by atoms with Crippen molar-refractivity contribution in [2.45, 2.75) is 13.3 Å². The van der Waals surface area contributed by atoms with Gasteiger partial charge < -0.3 is 10.2 Å². The number of thiazole rings is 1. The van der Waals surface area contributed by atoms with Crippen LogP contribution in [0.15, 0.2) is 18.3 Å². The molecule has 2 N–H and O–H groups in total. The molecule has 0 spiro atoms. The molecule has 0 amide bonds. The summed E-state index contributed by atoms with van der Waals surface area (Å²) < 4.78 is 0. The zero-order valence-corrected chi connectivity index (χ0v) is 13.3. The van der Waals surface area contributed by atoms with Gasteiger partial charge in [0.15, 0.2) is 10.8 Å². The Morgan fingerprint density at radius 2 is 2.18 bits per heavy atom. The molecule has 3 aromatic heterocycles. The Bertz CT molecular complexity index is 784. The summed E-state index contributed by atoms with van der Waals surface area (Å²) in [6.45, 7) is 6.29. The summed E-state index contributed by atoms with van der Waals surface area (Å²) in [5.41, 5.74) is 2.68. The van der Waals surface area contributed by atoms with Crippen LogP contribution in [0, 0.1) is 6.92 Å². The second kappa shape index (κ2) is 5.66. The number of aromatic amines is 1. The first-order chi connectivity index (χ1) is 10.8. The van der Waals surface area contributed by atoms with Crippen LogP contribution in [0.5, 0.6) is 0 Å². The number of aryl methyl sites for hydroxylation is 1. The number of aromatic nitrogens is 4. The van der Waals surface area contributed by atoms with Crippen LogP contribution < -0.4 is 10.2 Å². The minimum atomic E-state index is 0.811. The molecule has 114 valence electrons. The van der Waals surface area contributed by atoms with Crippen molar-refractivity contribution in [3.8, 4) is 11.4 Å². The molecule has 0 bridgehead atoms. The van der Waals surface area contributed by atoms with Gasteiger partial charge in [0.25, 0.3) is 0 Å². The van der Waals surface area contributed by atoms with Gasteiger partial charge in [0.2, 0.25) is 0 Å². The molecular weight excluding hydrogens is 296 g/mol. The van der Waals surface area contributed by atoms with Gasteiger partial charge in [-0.05, 0) is 32.0 Å². The van der Waals surface area contributed by atoms with Crippen LogP contribution in [0.25, 0.3) is 22.4 Å². The van der Waals surface area contributed by atoms with Crippen molar-refractivity contribution in [3.63, 3.8) is 0 Å². The maximum absolute atomic E-state index is 4.87. The lowest BCUT2D eigenvalue weighted by Crippen LogP contribution is -2.27. The Hall–Kier alpha value is -1.99. The van der Waals surface area contributed by atoms with E-state index in [1.54, 1.807) is 17.5 Å². The van der Waals surface area contributed by atoms with E-state index in [1.807, 2.05) is 12.1 Å². The van der Waals surface area contributed by atoms with Gasteiger partial charge in [-0.1, -0.05) is 0 Å². The lowest BCUT2D eigenvalue weighted by Gasteiger charge is -2.18. The molecular formula is C15H18N6S. The molecule has 3 aromatic rings. The average Bonchev–Trinajstić information content (AvgIpc) is 3.01. The van der Waals surface area contributed by atoms with E-state index < -0.39 is 0 Å². The molecule has 22 heavy (non-hydrogen) atoms. The van der Waals surface area contributed by atoms with E-state index >= 15 is 0 Å². The second-order valence-electron chi connectivity index (χ2n) is 5.46. The van der Waals surface area contributed by atoms with Crippen molar-refractivity contribution >= 4 is 27.5 Å². The molecule has 1 aliphatic heterocycles. The van der Waals surface area contributed by atoms with Gasteiger partial charge in [0.05, 0.1) is 0 Å². The second-order valence-corrected chi connectivity index (χ2v) is 6.65. The quantitative estimate of drug-likeness (QED) is 0.759. The molecule has 6 nitrogen and oxygen atoms in total. The van der Waals surface area contributed by atoms with Gasteiger partial charge in [0.1, 0.15) is 11.4 Å². The lowest BCUT2D eigenvalue weighted by atomic mass is 10.2. The van der Waals surface area contributed by atoms with Crippen LogP contribution in [0.2, 0.25) is 0 Å². The number of rotatable bonds is 2. The first-order valence-electron chi connectivity index (χ1n) is 7.55. The van der Waals surface area contributed by atoms with Crippen LogP contribution >= 0.6 is 11.3 Å². The topological polar surface area (TPSA) is 69.7 Å². The summed E-state index contributed by atoms with van der Waals surface area (Å²) >= 11 is 1.75. The molecule has 0 aliphatic carbocycles. The number of pyridine rings is 1. The molecule has 0 aromatic carbocycles. The average molecular weight is 314 g/mol. The van der Waals surface area contributed by atoms with E-state index in [1.165, 1.54) is 4.88 Å². The Balaban J connectivity index is 1.73. The highest BCUT2D eigenvalue weighted by Gasteiger charge is 2.19. The monoisotopic (exact) mass is 314 g/mol. The van der Waals surface area contributed by atoms with E-state index in [0.29, 0.717) is 0 Å². The van der Waals surface area contributed by atoms with E-state index in [9.17, 15) is 0 Å². The largest absolute Gasteiger partial charge is 0.347 e. The van der Waals surface area contributed by atoms with Crippen LogP contribution in [0.4, 0.5) is 5.13 Å². The molecule has 1 aliphatic rings. The molecule has 0 saturated carbocycles. The fourth-order valence-electron chi connectivity index (χ4n) is 2.81. The van der Waals surface area contributed by atoms with E-state index in [4.69, 9.17) is 4.98 Å². The van der Waals surface area contributed by atoms with Crippen LogP contribution in [-0.4, -0.2) is 46.3 Å². The van der Waals surface area contributed by atoms with Crippen molar-refractivity contribution < 1.29 is 0 Å². The first-order valence-corrected chi connectivity index (χ1v) is 8.37. The highest BCUT2D eigenvalue weighted by atomic mass is 32.1. The highest BCUT2D eigenvalue weighted by molar-refractivity contribution is 7.16. The van der Waals surface area contributed by atoms with Gasteiger partial charge in [-0.15, -0.1) is 11.3 Å². The first kappa shape index (κ1) is 13.7. The number of hydrogen-bond donors (Lipinski definition) is 2. The SMILES string of the molecule is Cc1sc(N2CCCNCC2)nc1-c1n[nH]c2ncccc12. The fraction of sp³-hybridized carbons (Fsp3) is 0.400. The molecule has 1 saturated heterocycles. The number of fused-ring (bicyclic) bond motifs is 1. The van der Waals surface area contributed by atoms with Crippen molar-refractivity contribution in [2.75, 3.05) is 31.1 Å². The van der Waals surface area contributed by atoms with Crippen molar-refractivity contribution in [1.29, 1.82) is 0 Å². The Labute approximate surface area is 132 Å². The van der Waals surface area contributed by atoms with Gasteiger partial charge in [-0.3, -0.25) is 5.10 Å². The van der Waals surface area contributed by atoms with Gasteiger partial charge in [-0.2, -0.15) is 5.10 Å². The molecule has 0 atom stereocenters. The minimum Gasteiger partial charge on any atom is -0.347 e. The lowest BCUT2D eigenvalue weighted by molar-refractivity contribution is 0.724. The number of nitrogens with zero attached hydrogens (tertiary/aromatic N) is 4. The number of nitrogens with one attached hydrogen (secondary N) is 2. The fourth-order valence-corrected chi connectivity index (χ4v) is 3.77. The predicted molar refractivity (Wildman–Crippen MR) is 89.4 cm³/mol. The number of anilines is 1. The Morgan fingerprint density at radius 3 is 3.14 bits per heavy atom. The summed E-state index contributed by atoms with van der Waals surface area (Å²) in [5.74, 6) is 0. The van der Waals surface area contributed by atoms with Gasteiger partial charge in [-0.25, -0.2) is 9.97 Å². The van der Waals surface area contributed by atoms with Crippen LogP contribution in [0.1, 0.15) is 11.3 Å². The van der Waals surface area contributed by atoms with E-state index in [-0.39, 0.29) is 0 Å². The maximum Gasteiger partial charge on any atom is 0.186 e. The predicted octanol–water partition coefficient (Wildman–Crippen LogP) is 2.19. The third kappa shape index (κ3) is 2.36. The van der Waals surface area contributed by atoms with Gasteiger partial charge >= 0.3 is 0 Å². The maximum atomic E-state index is 4.87. The Morgan fingerprint density at radius 1 is 1.23 bits per heavy atom. The van der Waals surface area contributed by atoms with Gasteiger partial charge in [0, 0.05) is 36.1 Å². The van der Waals surface area contributed by atoms with Crippen molar-refractivity contribution in [3.05, 3.63) is 23.2 Å². The number of hydrogen-bond acceptors (Lipinski definition) is 6. The van der Waals surface area contributed by atoms with E-state index in [2.05, 4.69) is 32.3 Å². The third-order valence-electron chi connectivity index (χ3n) is 3.96. The summed E-state index contributed by atoms with van der Waals surface area (Å²) in [4.78, 5) is 12.7. The van der Waals surface area contributed by atoms with Crippen LogP contribution in [-0.2, 0) is 0 Å². The minimum absolute atomic E-state index is 0.811.